The summed E-state index contributed by atoms with van der Waals surface area (Å²) in [6.07, 6.45) is 3.57. The summed E-state index contributed by atoms with van der Waals surface area (Å²) < 4.78 is 28.3. The molecule has 0 spiro atoms. The van der Waals surface area contributed by atoms with E-state index in [-0.39, 0.29) is 5.25 Å². The van der Waals surface area contributed by atoms with E-state index >= 15 is 0 Å². The van der Waals surface area contributed by atoms with E-state index in [4.69, 9.17) is 0 Å². The molecule has 20 heavy (non-hydrogen) atoms. The van der Waals surface area contributed by atoms with Crippen molar-refractivity contribution < 1.29 is 8.42 Å². The Morgan fingerprint density at radius 1 is 1.00 bits per heavy atom. The fourth-order valence-electron chi connectivity index (χ4n) is 2.73. The highest BCUT2D eigenvalue weighted by Crippen LogP contribution is 2.28. The zero-order valence-corrected chi connectivity index (χ0v) is 13.4. The van der Waals surface area contributed by atoms with Gasteiger partial charge in [-0.2, -0.15) is 0 Å². The summed E-state index contributed by atoms with van der Waals surface area (Å²) in [5, 5.41) is 1.88. The molecule has 0 aromatic heterocycles. The van der Waals surface area contributed by atoms with E-state index in [1.807, 2.05) is 36.4 Å². The largest absolute Gasteiger partial charge is 0.283 e. The molecule has 3 rings (SSSR count). The van der Waals surface area contributed by atoms with Gasteiger partial charge in [0, 0.05) is 10.2 Å². The number of hydrogen-bond acceptors (Lipinski definition) is 2. The van der Waals surface area contributed by atoms with Crippen molar-refractivity contribution in [3.63, 3.8) is 0 Å². The van der Waals surface area contributed by atoms with Crippen molar-refractivity contribution in [3.8, 4) is 0 Å². The fourth-order valence-corrected chi connectivity index (χ4v) is 4.68. The number of benzene rings is 2. The number of hydrogen-bond donors (Lipinski definition) is 1. The van der Waals surface area contributed by atoms with Gasteiger partial charge in [-0.3, -0.25) is 4.72 Å². The van der Waals surface area contributed by atoms with E-state index in [9.17, 15) is 8.42 Å². The smallest absolute Gasteiger partial charge is 0.235 e. The molecule has 0 aliphatic heterocycles. The molecule has 1 aliphatic rings. The lowest BCUT2D eigenvalue weighted by atomic mass is 10.1. The summed E-state index contributed by atoms with van der Waals surface area (Å²) in [5.74, 6) is 0. The highest BCUT2D eigenvalue weighted by Gasteiger charge is 2.28. The Labute approximate surface area is 127 Å². The van der Waals surface area contributed by atoms with Crippen LogP contribution in [-0.4, -0.2) is 13.7 Å². The van der Waals surface area contributed by atoms with Gasteiger partial charge in [-0.25, -0.2) is 8.42 Å². The van der Waals surface area contributed by atoms with Gasteiger partial charge in [-0.1, -0.05) is 40.9 Å². The van der Waals surface area contributed by atoms with Crippen molar-refractivity contribution in [2.45, 2.75) is 30.9 Å². The zero-order valence-electron chi connectivity index (χ0n) is 11.0. The van der Waals surface area contributed by atoms with Gasteiger partial charge in [-0.15, -0.1) is 0 Å². The number of fused-ring (bicyclic) bond motifs is 1. The van der Waals surface area contributed by atoms with Crippen LogP contribution in [0.25, 0.3) is 10.8 Å². The lowest BCUT2D eigenvalue weighted by Crippen LogP contribution is -2.25. The Morgan fingerprint density at radius 2 is 1.65 bits per heavy atom. The summed E-state index contributed by atoms with van der Waals surface area (Å²) in [5.41, 5.74) is 0.645. The van der Waals surface area contributed by atoms with Crippen LogP contribution < -0.4 is 4.72 Å². The zero-order chi connectivity index (χ0) is 14.2. The molecular weight excluding hydrogens is 338 g/mol. The second-order valence-corrected chi connectivity index (χ2v) is 8.14. The maximum absolute atomic E-state index is 12.3. The van der Waals surface area contributed by atoms with Gasteiger partial charge < -0.3 is 0 Å². The molecular formula is C15H16BrNO2S. The lowest BCUT2D eigenvalue weighted by molar-refractivity contribution is 0.585. The van der Waals surface area contributed by atoms with Crippen LogP contribution in [0.5, 0.6) is 0 Å². The SMILES string of the molecule is O=S(=O)(Nc1ccc2cc(Br)ccc2c1)C1CCCC1. The van der Waals surface area contributed by atoms with E-state index in [1.54, 1.807) is 0 Å². The van der Waals surface area contributed by atoms with Crippen molar-refractivity contribution >= 4 is 42.4 Å². The Kier molecular flexibility index (Phi) is 3.73. The van der Waals surface area contributed by atoms with Gasteiger partial charge in [0.1, 0.15) is 0 Å². The molecule has 0 atom stereocenters. The Hall–Kier alpha value is -1.07. The Morgan fingerprint density at radius 3 is 2.40 bits per heavy atom. The first kappa shape index (κ1) is 13.9. The molecule has 1 saturated carbocycles. The minimum atomic E-state index is -3.25. The highest BCUT2D eigenvalue weighted by atomic mass is 79.9. The molecule has 3 nitrogen and oxygen atoms in total. The number of halogens is 1. The molecule has 0 heterocycles. The molecule has 1 fully saturated rings. The first-order valence-corrected chi connectivity index (χ1v) is 9.09. The molecule has 2 aromatic rings. The van der Waals surface area contributed by atoms with Gasteiger partial charge in [0.05, 0.1) is 5.25 Å². The lowest BCUT2D eigenvalue weighted by Gasteiger charge is -2.13. The second kappa shape index (κ2) is 5.37. The predicted octanol–water partition coefficient (Wildman–Crippen LogP) is 4.29. The van der Waals surface area contributed by atoms with Gasteiger partial charge >= 0.3 is 0 Å². The summed E-state index contributed by atoms with van der Waals surface area (Å²) >= 11 is 3.43. The average molecular weight is 354 g/mol. The van der Waals surface area contributed by atoms with Crippen LogP contribution in [-0.2, 0) is 10.0 Å². The number of sulfonamides is 1. The molecule has 106 valence electrons. The van der Waals surface area contributed by atoms with Gasteiger partial charge in [0.15, 0.2) is 0 Å². The first-order valence-electron chi connectivity index (χ1n) is 6.75. The van der Waals surface area contributed by atoms with Gasteiger partial charge in [0.2, 0.25) is 10.0 Å². The summed E-state index contributed by atoms with van der Waals surface area (Å²) in [4.78, 5) is 0. The first-order chi connectivity index (χ1) is 9.54. The normalized spacial score (nSPS) is 16.6. The van der Waals surface area contributed by atoms with Crippen LogP contribution in [0, 0.1) is 0 Å². The van der Waals surface area contributed by atoms with Crippen LogP contribution in [0.15, 0.2) is 40.9 Å². The van der Waals surface area contributed by atoms with Crippen molar-refractivity contribution in [1.82, 2.24) is 0 Å². The van der Waals surface area contributed by atoms with Crippen molar-refractivity contribution in [1.29, 1.82) is 0 Å². The summed E-state index contributed by atoms with van der Waals surface area (Å²) in [6, 6.07) is 11.6. The molecule has 0 radical (unpaired) electrons. The molecule has 0 amide bonds. The fraction of sp³-hybridized carbons (Fsp3) is 0.333. The maximum atomic E-state index is 12.3. The summed E-state index contributed by atoms with van der Waals surface area (Å²) in [7, 11) is -3.25. The van der Waals surface area contributed by atoms with Crippen LogP contribution in [0.3, 0.4) is 0 Å². The third kappa shape index (κ3) is 2.83. The number of rotatable bonds is 3. The molecule has 0 bridgehead atoms. The minimum Gasteiger partial charge on any atom is -0.283 e. The van der Waals surface area contributed by atoms with Crippen molar-refractivity contribution in [2.75, 3.05) is 4.72 Å². The highest BCUT2D eigenvalue weighted by molar-refractivity contribution is 9.10. The third-order valence-corrected chi connectivity index (χ3v) is 6.17. The monoisotopic (exact) mass is 353 g/mol. The molecule has 0 saturated heterocycles. The second-order valence-electron chi connectivity index (χ2n) is 5.26. The van der Waals surface area contributed by atoms with E-state index in [2.05, 4.69) is 20.7 Å². The van der Waals surface area contributed by atoms with Crippen molar-refractivity contribution in [3.05, 3.63) is 40.9 Å². The van der Waals surface area contributed by atoms with Crippen LogP contribution >= 0.6 is 15.9 Å². The third-order valence-electron chi connectivity index (χ3n) is 3.80. The van der Waals surface area contributed by atoms with E-state index < -0.39 is 10.0 Å². The molecule has 2 aromatic carbocycles. The van der Waals surface area contributed by atoms with Crippen LogP contribution in [0.4, 0.5) is 5.69 Å². The quantitative estimate of drug-likeness (QED) is 0.894. The minimum absolute atomic E-state index is 0.233. The average Bonchev–Trinajstić information content (AvgIpc) is 2.93. The molecule has 5 heteroatoms. The van der Waals surface area contributed by atoms with Crippen LogP contribution in [0.2, 0.25) is 0 Å². The van der Waals surface area contributed by atoms with E-state index in [1.165, 1.54) is 0 Å². The molecule has 0 unspecified atom stereocenters. The number of nitrogens with one attached hydrogen (secondary N) is 1. The van der Waals surface area contributed by atoms with E-state index in [0.717, 1.165) is 40.9 Å². The molecule has 1 N–H and O–H groups in total. The molecule has 1 aliphatic carbocycles. The van der Waals surface area contributed by atoms with Crippen molar-refractivity contribution in [2.24, 2.45) is 0 Å². The standard InChI is InChI=1S/C15H16BrNO2S/c16-13-7-5-12-10-14(8-6-11(12)9-13)17-20(18,19)15-3-1-2-4-15/h5-10,15,17H,1-4H2. The topological polar surface area (TPSA) is 46.2 Å². The predicted molar refractivity (Wildman–Crippen MR) is 86.4 cm³/mol. The number of anilines is 1. The maximum Gasteiger partial charge on any atom is 0.235 e. The van der Waals surface area contributed by atoms with E-state index in [0.29, 0.717) is 5.69 Å². The van der Waals surface area contributed by atoms with Crippen LogP contribution in [0.1, 0.15) is 25.7 Å². The Balaban J connectivity index is 1.89. The van der Waals surface area contributed by atoms with Gasteiger partial charge in [-0.05, 0) is 47.9 Å². The summed E-state index contributed by atoms with van der Waals surface area (Å²) in [6.45, 7) is 0. The Bertz CT molecular complexity index is 737. The van der Waals surface area contributed by atoms with Gasteiger partial charge in [0.25, 0.3) is 0 Å².